The number of carbonyl (C=O) groups is 1. The van der Waals surface area contributed by atoms with Crippen molar-refractivity contribution in [2.24, 2.45) is 0 Å². The van der Waals surface area contributed by atoms with Crippen LogP contribution in [0.2, 0.25) is 0 Å². The van der Waals surface area contributed by atoms with Crippen molar-refractivity contribution >= 4 is 17.3 Å². The number of nitrogens with one attached hydrogen (secondary N) is 2. The molecule has 0 bridgehead atoms. The molecule has 0 radical (unpaired) electrons. The zero-order valence-corrected chi connectivity index (χ0v) is 12.7. The standard InChI is InChI=1S/C18H19FN2O2/c19-16-5-2-1-4-13(16)12-20-14-7-9-15(10-8-14)21-18(22)17-6-3-11-23-17/h1-2,4-5,7-10,17,20H,3,6,11-12H2,(H,21,22). The van der Waals surface area contributed by atoms with E-state index in [9.17, 15) is 9.18 Å². The summed E-state index contributed by atoms with van der Waals surface area (Å²) in [6.45, 7) is 1.06. The number of halogens is 1. The van der Waals surface area contributed by atoms with Crippen LogP contribution in [0, 0.1) is 5.82 Å². The molecule has 23 heavy (non-hydrogen) atoms. The lowest BCUT2D eigenvalue weighted by molar-refractivity contribution is -0.124. The van der Waals surface area contributed by atoms with Crippen molar-refractivity contribution in [2.45, 2.75) is 25.5 Å². The zero-order valence-electron chi connectivity index (χ0n) is 12.7. The Morgan fingerprint density at radius 2 is 1.87 bits per heavy atom. The second-order valence-electron chi connectivity index (χ2n) is 5.51. The fourth-order valence-corrected chi connectivity index (χ4v) is 2.52. The summed E-state index contributed by atoms with van der Waals surface area (Å²) >= 11 is 0. The smallest absolute Gasteiger partial charge is 0.253 e. The molecule has 1 unspecified atom stereocenters. The van der Waals surface area contributed by atoms with Crippen LogP contribution >= 0.6 is 0 Å². The van der Waals surface area contributed by atoms with Crippen LogP contribution in [0.25, 0.3) is 0 Å². The predicted molar refractivity (Wildman–Crippen MR) is 87.8 cm³/mol. The van der Waals surface area contributed by atoms with Gasteiger partial charge in [0.15, 0.2) is 0 Å². The van der Waals surface area contributed by atoms with Crippen LogP contribution in [0.15, 0.2) is 48.5 Å². The maximum atomic E-state index is 13.5. The minimum absolute atomic E-state index is 0.102. The van der Waals surface area contributed by atoms with Crippen molar-refractivity contribution in [3.63, 3.8) is 0 Å². The highest BCUT2D eigenvalue weighted by Crippen LogP contribution is 2.18. The molecular formula is C18H19FN2O2. The number of amides is 1. The molecule has 0 saturated carbocycles. The molecule has 3 rings (SSSR count). The van der Waals surface area contributed by atoms with E-state index in [4.69, 9.17) is 4.74 Å². The van der Waals surface area contributed by atoms with Gasteiger partial charge >= 0.3 is 0 Å². The summed E-state index contributed by atoms with van der Waals surface area (Å²) in [7, 11) is 0. The first-order valence-electron chi connectivity index (χ1n) is 7.72. The predicted octanol–water partition coefficient (Wildman–Crippen LogP) is 3.56. The highest BCUT2D eigenvalue weighted by atomic mass is 19.1. The van der Waals surface area contributed by atoms with Crippen LogP contribution in [-0.2, 0) is 16.1 Å². The molecule has 1 fully saturated rings. The fourth-order valence-electron chi connectivity index (χ4n) is 2.52. The Balaban J connectivity index is 1.54. The van der Waals surface area contributed by atoms with Gasteiger partial charge in [0.25, 0.3) is 5.91 Å². The van der Waals surface area contributed by atoms with E-state index in [1.54, 1.807) is 12.1 Å². The van der Waals surface area contributed by atoms with E-state index in [1.807, 2.05) is 30.3 Å². The van der Waals surface area contributed by atoms with Gasteiger partial charge in [0.1, 0.15) is 11.9 Å². The van der Waals surface area contributed by atoms with E-state index in [0.29, 0.717) is 18.7 Å². The maximum Gasteiger partial charge on any atom is 0.253 e. The molecule has 4 nitrogen and oxygen atoms in total. The second kappa shape index (κ2) is 7.24. The van der Waals surface area contributed by atoms with Gasteiger partial charge in [0.05, 0.1) is 0 Å². The lowest BCUT2D eigenvalue weighted by Crippen LogP contribution is -2.26. The first kappa shape index (κ1) is 15.5. The molecule has 0 aromatic heterocycles. The summed E-state index contributed by atoms with van der Waals surface area (Å²) < 4.78 is 18.9. The Labute approximate surface area is 134 Å². The van der Waals surface area contributed by atoms with Crippen molar-refractivity contribution in [3.05, 3.63) is 59.9 Å². The number of anilines is 2. The molecular weight excluding hydrogens is 295 g/mol. The van der Waals surface area contributed by atoms with E-state index in [0.717, 1.165) is 24.2 Å². The lowest BCUT2D eigenvalue weighted by Gasteiger charge is -2.11. The van der Waals surface area contributed by atoms with Crippen LogP contribution in [-0.4, -0.2) is 18.6 Å². The van der Waals surface area contributed by atoms with Gasteiger partial charge in [-0.2, -0.15) is 0 Å². The summed E-state index contributed by atoms with van der Waals surface area (Å²) in [5.74, 6) is -0.324. The number of benzene rings is 2. The average Bonchev–Trinajstić information content (AvgIpc) is 3.10. The molecule has 1 amide bonds. The number of hydrogen-bond donors (Lipinski definition) is 2. The molecule has 0 spiro atoms. The normalized spacial score (nSPS) is 17.0. The van der Waals surface area contributed by atoms with Gasteiger partial charge in [-0.3, -0.25) is 4.79 Å². The largest absolute Gasteiger partial charge is 0.381 e. The van der Waals surface area contributed by atoms with Crippen LogP contribution < -0.4 is 10.6 Å². The Hall–Kier alpha value is -2.40. The Kier molecular flexibility index (Phi) is 4.88. The van der Waals surface area contributed by atoms with E-state index < -0.39 is 0 Å². The molecule has 2 aromatic carbocycles. The first-order valence-corrected chi connectivity index (χ1v) is 7.72. The average molecular weight is 314 g/mol. The van der Waals surface area contributed by atoms with Crippen molar-refractivity contribution in [3.8, 4) is 0 Å². The highest BCUT2D eigenvalue weighted by molar-refractivity contribution is 5.94. The molecule has 0 aliphatic carbocycles. The minimum Gasteiger partial charge on any atom is -0.381 e. The summed E-state index contributed by atoms with van der Waals surface area (Å²) in [6, 6.07) is 14.0. The van der Waals surface area contributed by atoms with Crippen LogP contribution in [0.3, 0.4) is 0 Å². The van der Waals surface area contributed by atoms with Gasteiger partial charge in [0.2, 0.25) is 0 Å². The molecule has 5 heteroatoms. The van der Waals surface area contributed by atoms with Gasteiger partial charge < -0.3 is 15.4 Å². The third-order valence-corrected chi connectivity index (χ3v) is 3.82. The molecule has 2 N–H and O–H groups in total. The van der Waals surface area contributed by atoms with Crippen molar-refractivity contribution < 1.29 is 13.9 Å². The fraction of sp³-hybridized carbons (Fsp3) is 0.278. The quantitative estimate of drug-likeness (QED) is 0.887. The van der Waals surface area contributed by atoms with Crippen LogP contribution in [0.5, 0.6) is 0 Å². The highest BCUT2D eigenvalue weighted by Gasteiger charge is 2.23. The molecule has 1 heterocycles. The van der Waals surface area contributed by atoms with Crippen molar-refractivity contribution in [1.82, 2.24) is 0 Å². The number of carbonyl (C=O) groups excluding carboxylic acids is 1. The third kappa shape index (κ3) is 4.07. The van der Waals surface area contributed by atoms with Gasteiger partial charge in [-0.1, -0.05) is 18.2 Å². The molecule has 120 valence electrons. The zero-order chi connectivity index (χ0) is 16.1. The Morgan fingerprint density at radius 1 is 1.13 bits per heavy atom. The van der Waals surface area contributed by atoms with Crippen LogP contribution in [0.1, 0.15) is 18.4 Å². The Morgan fingerprint density at radius 3 is 2.57 bits per heavy atom. The SMILES string of the molecule is O=C(Nc1ccc(NCc2ccccc2F)cc1)C1CCCO1. The second-order valence-corrected chi connectivity index (χ2v) is 5.51. The maximum absolute atomic E-state index is 13.5. The third-order valence-electron chi connectivity index (χ3n) is 3.82. The molecule has 1 aliphatic heterocycles. The summed E-state index contributed by atoms with van der Waals surface area (Å²) in [5, 5.41) is 6.00. The monoisotopic (exact) mass is 314 g/mol. The van der Waals surface area contributed by atoms with Crippen molar-refractivity contribution in [1.29, 1.82) is 0 Å². The molecule has 1 aliphatic rings. The summed E-state index contributed by atoms with van der Waals surface area (Å²) in [6.07, 6.45) is 1.36. The van der Waals surface area contributed by atoms with E-state index in [2.05, 4.69) is 10.6 Å². The molecule has 2 aromatic rings. The number of hydrogen-bond acceptors (Lipinski definition) is 3. The van der Waals surface area contributed by atoms with Gasteiger partial charge in [0, 0.05) is 30.1 Å². The first-order chi connectivity index (χ1) is 11.2. The van der Waals surface area contributed by atoms with Crippen molar-refractivity contribution in [2.75, 3.05) is 17.2 Å². The van der Waals surface area contributed by atoms with E-state index in [-0.39, 0.29) is 17.8 Å². The number of ether oxygens (including phenoxy) is 1. The van der Waals surface area contributed by atoms with Gasteiger partial charge in [-0.15, -0.1) is 0 Å². The van der Waals surface area contributed by atoms with E-state index in [1.165, 1.54) is 6.07 Å². The van der Waals surface area contributed by atoms with Gasteiger partial charge in [-0.25, -0.2) is 4.39 Å². The minimum atomic E-state index is -0.339. The topological polar surface area (TPSA) is 50.4 Å². The number of rotatable bonds is 5. The Bertz CT molecular complexity index is 667. The van der Waals surface area contributed by atoms with E-state index >= 15 is 0 Å². The van der Waals surface area contributed by atoms with Gasteiger partial charge in [-0.05, 0) is 43.2 Å². The summed E-state index contributed by atoms with van der Waals surface area (Å²) in [5.41, 5.74) is 2.20. The lowest BCUT2D eigenvalue weighted by atomic mass is 10.2. The molecule has 1 saturated heterocycles. The van der Waals surface area contributed by atoms with Crippen LogP contribution in [0.4, 0.5) is 15.8 Å². The summed E-state index contributed by atoms with van der Waals surface area (Å²) in [4.78, 5) is 12.0. The molecule has 1 atom stereocenters.